The number of carbonyl (C=O) groups excluding carboxylic acids is 1. The Hall–Kier alpha value is -2.13. The number of ether oxygens (including phenoxy) is 2. The van der Waals surface area contributed by atoms with Crippen LogP contribution < -0.4 is 0 Å². The number of hydrogen-bond donors (Lipinski definition) is 0. The molecule has 0 saturated heterocycles. The molecule has 22 heavy (non-hydrogen) atoms. The second-order valence-electron chi connectivity index (χ2n) is 5.13. The maximum Gasteiger partial charge on any atom is 0.305 e. The third-order valence-corrected chi connectivity index (χ3v) is 3.32. The Bertz CT molecular complexity index is 551. The third-order valence-electron chi connectivity index (χ3n) is 3.32. The second kappa shape index (κ2) is 9.00. The molecule has 3 heteroatoms. The summed E-state index contributed by atoms with van der Waals surface area (Å²) < 4.78 is 11.3. The molecular formula is C19H22O3. The number of benzene rings is 2. The molecule has 0 heterocycles. The van der Waals surface area contributed by atoms with Crippen molar-refractivity contribution in [3.8, 4) is 0 Å². The van der Waals surface area contributed by atoms with E-state index in [0.29, 0.717) is 13.0 Å². The first-order valence-corrected chi connectivity index (χ1v) is 7.65. The van der Waals surface area contributed by atoms with E-state index < -0.39 is 0 Å². The standard InChI is InChI=1S/C19H22O3/c1-2-9-19(20)22-15-18(17-12-7-4-8-13-17)21-14-16-10-5-3-6-11-16/h3-8,10-13,18H,2,9,14-15H2,1H3. The topological polar surface area (TPSA) is 35.5 Å². The second-order valence-corrected chi connectivity index (χ2v) is 5.13. The zero-order valence-corrected chi connectivity index (χ0v) is 12.9. The van der Waals surface area contributed by atoms with Crippen molar-refractivity contribution >= 4 is 5.97 Å². The van der Waals surface area contributed by atoms with Gasteiger partial charge in [-0.25, -0.2) is 0 Å². The summed E-state index contributed by atoms with van der Waals surface area (Å²) in [6, 6.07) is 19.8. The minimum absolute atomic E-state index is 0.174. The van der Waals surface area contributed by atoms with Crippen LogP contribution >= 0.6 is 0 Å². The van der Waals surface area contributed by atoms with Crippen molar-refractivity contribution < 1.29 is 14.3 Å². The zero-order chi connectivity index (χ0) is 15.6. The molecule has 0 fully saturated rings. The number of hydrogen-bond acceptors (Lipinski definition) is 3. The minimum Gasteiger partial charge on any atom is -0.463 e. The molecule has 0 amide bonds. The van der Waals surface area contributed by atoms with Crippen LogP contribution in [0.4, 0.5) is 0 Å². The fourth-order valence-electron chi connectivity index (χ4n) is 2.12. The van der Waals surface area contributed by atoms with Crippen molar-refractivity contribution in [1.29, 1.82) is 0 Å². The van der Waals surface area contributed by atoms with Crippen LogP contribution in [-0.4, -0.2) is 12.6 Å². The molecule has 0 aliphatic heterocycles. The molecule has 2 rings (SSSR count). The minimum atomic E-state index is -0.248. The van der Waals surface area contributed by atoms with Crippen LogP contribution in [0.25, 0.3) is 0 Å². The number of carbonyl (C=O) groups is 1. The van der Waals surface area contributed by atoms with Gasteiger partial charge in [0, 0.05) is 6.42 Å². The highest BCUT2D eigenvalue weighted by atomic mass is 16.6. The molecule has 2 aromatic carbocycles. The van der Waals surface area contributed by atoms with Gasteiger partial charge in [0.1, 0.15) is 12.7 Å². The van der Waals surface area contributed by atoms with Crippen molar-refractivity contribution in [1.82, 2.24) is 0 Å². The molecule has 3 nitrogen and oxygen atoms in total. The fourth-order valence-corrected chi connectivity index (χ4v) is 2.12. The zero-order valence-electron chi connectivity index (χ0n) is 12.9. The average Bonchev–Trinajstić information content (AvgIpc) is 2.57. The first-order chi connectivity index (χ1) is 10.8. The molecule has 0 radical (unpaired) electrons. The third kappa shape index (κ3) is 5.34. The Morgan fingerprint density at radius 3 is 2.27 bits per heavy atom. The molecule has 0 N–H and O–H groups in total. The van der Waals surface area contributed by atoms with Crippen molar-refractivity contribution in [2.45, 2.75) is 32.5 Å². The average molecular weight is 298 g/mol. The summed E-state index contributed by atoms with van der Waals surface area (Å²) in [7, 11) is 0. The molecule has 0 aliphatic carbocycles. The molecular weight excluding hydrogens is 276 g/mol. The monoisotopic (exact) mass is 298 g/mol. The van der Waals surface area contributed by atoms with Crippen molar-refractivity contribution in [2.75, 3.05) is 6.61 Å². The Morgan fingerprint density at radius 1 is 1.00 bits per heavy atom. The van der Waals surface area contributed by atoms with E-state index in [0.717, 1.165) is 17.5 Å². The van der Waals surface area contributed by atoms with Crippen molar-refractivity contribution in [3.63, 3.8) is 0 Å². The smallest absolute Gasteiger partial charge is 0.305 e. The lowest BCUT2D eigenvalue weighted by Crippen LogP contribution is -2.15. The molecule has 116 valence electrons. The molecule has 1 atom stereocenters. The van der Waals surface area contributed by atoms with Gasteiger partial charge in [0.2, 0.25) is 0 Å². The van der Waals surface area contributed by atoms with Crippen LogP contribution in [0.15, 0.2) is 60.7 Å². The fraction of sp³-hybridized carbons (Fsp3) is 0.316. The van der Waals surface area contributed by atoms with E-state index in [2.05, 4.69) is 0 Å². The Morgan fingerprint density at radius 2 is 1.64 bits per heavy atom. The van der Waals surface area contributed by atoms with Crippen LogP contribution in [0.2, 0.25) is 0 Å². The normalized spacial score (nSPS) is 11.9. The highest BCUT2D eigenvalue weighted by molar-refractivity contribution is 5.69. The molecule has 1 unspecified atom stereocenters. The molecule has 0 bridgehead atoms. The predicted octanol–water partition coefficient (Wildman–Crippen LogP) is 4.29. The first kappa shape index (κ1) is 16.2. The summed E-state index contributed by atoms with van der Waals surface area (Å²) in [6.07, 6.45) is 0.988. The summed E-state index contributed by atoms with van der Waals surface area (Å²) in [6.45, 7) is 2.70. The Labute approximate surface area is 131 Å². The van der Waals surface area contributed by atoms with E-state index >= 15 is 0 Å². The van der Waals surface area contributed by atoms with Crippen LogP contribution in [0.1, 0.15) is 37.0 Å². The molecule has 0 aliphatic rings. The maximum atomic E-state index is 11.6. The van der Waals surface area contributed by atoms with E-state index in [4.69, 9.17) is 9.47 Å². The maximum absolute atomic E-state index is 11.6. The lowest BCUT2D eigenvalue weighted by molar-refractivity contribution is -0.148. The SMILES string of the molecule is CCCC(=O)OCC(OCc1ccccc1)c1ccccc1. The largest absolute Gasteiger partial charge is 0.463 e. The molecule has 0 aromatic heterocycles. The van der Waals surface area contributed by atoms with E-state index in [1.807, 2.05) is 67.6 Å². The van der Waals surface area contributed by atoms with Crippen LogP contribution in [0, 0.1) is 0 Å². The van der Waals surface area contributed by atoms with Gasteiger partial charge in [-0.1, -0.05) is 67.6 Å². The van der Waals surface area contributed by atoms with Gasteiger partial charge in [-0.15, -0.1) is 0 Å². The van der Waals surface area contributed by atoms with Gasteiger partial charge in [-0.2, -0.15) is 0 Å². The summed E-state index contributed by atoms with van der Waals surface area (Å²) in [5.74, 6) is -0.174. The van der Waals surface area contributed by atoms with Crippen LogP contribution in [0.5, 0.6) is 0 Å². The van der Waals surface area contributed by atoms with E-state index in [1.54, 1.807) is 0 Å². The Balaban J connectivity index is 1.97. The number of esters is 1. The van der Waals surface area contributed by atoms with E-state index in [-0.39, 0.29) is 18.7 Å². The molecule has 0 spiro atoms. The van der Waals surface area contributed by atoms with Gasteiger partial charge in [0.05, 0.1) is 6.61 Å². The summed E-state index contributed by atoms with van der Waals surface area (Å²) in [5.41, 5.74) is 2.12. The van der Waals surface area contributed by atoms with Crippen molar-refractivity contribution in [3.05, 3.63) is 71.8 Å². The Kier molecular flexibility index (Phi) is 6.65. The lowest BCUT2D eigenvalue weighted by atomic mass is 10.1. The van der Waals surface area contributed by atoms with Crippen LogP contribution in [-0.2, 0) is 20.9 Å². The summed E-state index contributed by atoms with van der Waals surface area (Å²) in [5, 5.41) is 0. The van der Waals surface area contributed by atoms with Crippen molar-refractivity contribution in [2.24, 2.45) is 0 Å². The van der Waals surface area contributed by atoms with Gasteiger partial charge in [0.25, 0.3) is 0 Å². The van der Waals surface area contributed by atoms with Gasteiger partial charge in [-0.3, -0.25) is 4.79 Å². The molecule has 0 saturated carbocycles. The predicted molar refractivity (Wildman–Crippen MR) is 86.3 cm³/mol. The summed E-state index contributed by atoms with van der Waals surface area (Å²) in [4.78, 5) is 11.6. The lowest BCUT2D eigenvalue weighted by Gasteiger charge is -2.18. The van der Waals surface area contributed by atoms with E-state index in [9.17, 15) is 4.79 Å². The molecule has 2 aromatic rings. The number of rotatable bonds is 8. The first-order valence-electron chi connectivity index (χ1n) is 7.65. The quantitative estimate of drug-likeness (QED) is 0.682. The van der Waals surface area contributed by atoms with Crippen LogP contribution in [0.3, 0.4) is 0 Å². The van der Waals surface area contributed by atoms with Gasteiger partial charge in [0.15, 0.2) is 0 Å². The highest BCUT2D eigenvalue weighted by Crippen LogP contribution is 2.20. The van der Waals surface area contributed by atoms with Gasteiger partial charge in [-0.05, 0) is 17.5 Å². The van der Waals surface area contributed by atoms with Gasteiger partial charge >= 0.3 is 5.97 Å². The van der Waals surface area contributed by atoms with Gasteiger partial charge < -0.3 is 9.47 Å². The highest BCUT2D eigenvalue weighted by Gasteiger charge is 2.14. The summed E-state index contributed by atoms with van der Waals surface area (Å²) >= 11 is 0. The van der Waals surface area contributed by atoms with E-state index in [1.165, 1.54) is 0 Å².